The van der Waals surface area contributed by atoms with Crippen molar-refractivity contribution in [2.75, 3.05) is 33.7 Å². The molecule has 0 spiro atoms. The van der Waals surface area contributed by atoms with Crippen LogP contribution in [-0.4, -0.2) is 50.6 Å². The standard InChI is InChI=1S/C13H26N4.HI/c1-5-9-15-13(14-6-2)16-10-12(17(3)4)11-7-8-11;/h5,11-12H,1,6-10H2,2-4H3,(H2,14,15,16);1H. The summed E-state index contributed by atoms with van der Waals surface area (Å²) in [6.07, 6.45) is 4.56. The third kappa shape index (κ3) is 6.58. The molecule has 0 bridgehead atoms. The Morgan fingerprint density at radius 2 is 2.11 bits per heavy atom. The molecule has 0 saturated heterocycles. The zero-order valence-corrected chi connectivity index (χ0v) is 14.1. The van der Waals surface area contributed by atoms with Gasteiger partial charge in [0, 0.05) is 19.1 Å². The van der Waals surface area contributed by atoms with Gasteiger partial charge in [-0.15, -0.1) is 30.6 Å². The molecule has 1 aliphatic rings. The molecule has 1 saturated carbocycles. The van der Waals surface area contributed by atoms with Crippen LogP contribution in [0.2, 0.25) is 0 Å². The molecule has 0 amide bonds. The van der Waals surface area contributed by atoms with Crippen molar-refractivity contribution >= 4 is 29.9 Å². The van der Waals surface area contributed by atoms with Crippen LogP contribution in [0.1, 0.15) is 19.8 Å². The molecule has 0 radical (unpaired) electrons. The molecule has 2 N–H and O–H groups in total. The SMILES string of the molecule is C=CCNC(=NCC(C1CC1)N(C)C)NCC.I. The van der Waals surface area contributed by atoms with Crippen molar-refractivity contribution < 1.29 is 0 Å². The van der Waals surface area contributed by atoms with Crippen LogP contribution in [0.5, 0.6) is 0 Å². The lowest BCUT2D eigenvalue weighted by Crippen LogP contribution is -2.39. The van der Waals surface area contributed by atoms with Crippen LogP contribution in [0.15, 0.2) is 17.6 Å². The summed E-state index contributed by atoms with van der Waals surface area (Å²) in [5, 5.41) is 6.47. The minimum atomic E-state index is 0. The Labute approximate surface area is 128 Å². The van der Waals surface area contributed by atoms with Crippen molar-refractivity contribution in [1.82, 2.24) is 15.5 Å². The molecule has 4 nitrogen and oxygen atoms in total. The summed E-state index contributed by atoms with van der Waals surface area (Å²) in [7, 11) is 4.28. The van der Waals surface area contributed by atoms with Crippen LogP contribution in [0.4, 0.5) is 0 Å². The quantitative estimate of drug-likeness (QED) is 0.312. The van der Waals surface area contributed by atoms with Gasteiger partial charge in [0.2, 0.25) is 0 Å². The van der Waals surface area contributed by atoms with Crippen LogP contribution in [0.3, 0.4) is 0 Å². The van der Waals surface area contributed by atoms with Gasteiger partial charge >= 0.3 is 0 Å². The summed E-state index contributed by atoms with van der Waals surface area (Å²) >= 11 is 0. The summed E-state index contributed by atoms with van der Waals surface area (Å²) in [5.41, 5.74) is 0. The number of likely N-dealkylation sites (N-methyl/N-ethyl adjacent to an activating group) is 1. The number of halogens is 1. The molecule has 0 aliphatic heterocycles. The van der Waals surface area contributed by atoms with E-state index in [1.165, 1.54) is 12.8 Å². The molecule has 1 fully saturated rings. The van der Waals surface area contributed by atoms with Gasteiger partial charge in [-0.05, 0) is 39.8 Å². The van der Waals surface area contributed by atoms with Crippen LogP contribution in [-0.2, 0) is 0 Å². The molecule has 0 heterocycles. The van der Waals surface area contributed by atoms with E-state index in [2.05, 4.69) is 48.1 Å². The van der Waals surface area contributed by atoms with Crippen LogP contribution in [0.25, 0.3) is 0 Å². The zero-order chi connectivity index (χ0) is 12.7. The number of hydrogen-bond donors (Lipinski definition) is 2. The lowest BCUT2D eigenvalue weighted by atomic mass is 10.2. The number of guanidine groups is 1. The van der Waals surface area contributed by atoms with E-state index in [1.54, 1.807) is 0 Å². The van der Waals surface area contributed by atoms with E-state index in [1.807, 2.05) is 6.08 Å². The van der Waals surface area contributed by atoms with Gasteiger partial charge in [-0.2, -0.15) is 0 Å². The fourth-order valence-corrected chi connectivity index (χ4v) is 1.91. The predicted molar refractivity (Wildman–Crippen MR) is 89.8 cm³/mol. The Bertz CT molecular complexity index is 260. The molecule has 1 atom stereocenters. The molecule has 0 aromatic heterocycles. The first-order valence-corrected chi connectivity index (χ1v) is 6.48. The summed E-state index contributed by atoms with van der Waals surface area (Å²) < 4.78 is 0. The second-order valence-electron chi connectivity index (χ2n) is 4.76. The third-order valence-corrected chi connectivity index (χ3v) is 3.02. The van der Waals surface area contributed by atoms with E-state index in [4.69, 9.17) is 0 Å². The first kappa shape index (κ1) is 17.7. The molecule has 106 valence electrons. The van der Waals surface area contributed by atoms with E-state index in [-0.39, 0.29) is 24.0 Å². The number of nitrogens with zero attached hydrogens (tertiary/aromatic N) is 2. The van der Waals surface area contributed by atoms with Gasteiger partial charge in [-0.25, -0.2) is 0 Å². The van der Waals surface area contributed by atoms with Crippen molar-refractivity contribution in [2.24, 2.45) is 10.9 Å². The van der Waals surface area contributed by atoms with Gasteiger partial charge in [0.25, 0.3) is 0 Å². The maximum absolute atomic E-state index is 4.64. The lowest BCUT2D eigenvalue weighted by molar-refractivity contribution is 0.271. The summed E-state index contributed by atoms with van der Waals surface area (Å²) in [4.78, 5) is 6.93. The van der Waals surface area contributed by atoms with E-state index in [9.17, 15) is 0 Å². The molecular formula is C13H27IN4. The first-order valence-electron chi connectivity index (χ1n) is 6.48. The van der Waals surface area contributed by atoms with Crippen LogP contribution < -0.4 is 10.6 Å². The molecule has 1 aliphatic carbocycles. The third-order valence-electron chi connectivity index (χ3n) is 3.02. The Morgan fingerprint density at radius 1 is 1.44 bits per heavy atom. The molecular weight excluding hydrogens is 339 g/mol. The van der Waals surface area contributed by atoms with E-state index >= 15 is 0 Å². The van der Waals surface area contributed by atoms with Gasteiger partial charge in [0.05, 0.1) is 6.54 Å². The van der Waals surface area contributed by atoms with Gasteiger partial charge in [-0.1, -0.05) is 6.08 Å². The molecule has 18 heavy (non-hydrogen) atoms. The zero-order valence-electron chi connectivity index (χ0n) is 11.8. The van der Waals surface area contributed by atoms with Crippen molar-refractivity contribution in [2.45, 2.75) is 25.8 Å². The minimum Gasteiger partial charge on any atom is -0.357 e. The topological polar surface area (TPSA) is 39.7 Å². The minimum absolute atomic E-state index is 0. The lowest BCUT2D eigenvalue weighted by Gasteiger charge is -2.22. The number of aliphatic imine (C=N–C) groups is 1. The summed E-state index contributed by atoms with van der Waals surface area (Å²) in [6, 6.07) is 0.578. The smallest absolute Gasteiger partial charge is 0.191 e. The Morgan fingerprint density at radius 3 is 2.56 bits per heavy atom. The Balaban J connectivity index is 0.00000289. The highest BCUT2D eigenvalue weighted by atomic mass is 127. The largest absolute Gasteiger partial charge is 0.357 e. The molecule has 0 aromatic rings. The fraction of sp³-hybridized carbons (Fsp3) is 0.769. The first-order chi connectivity index (χ1) is 8.19. The average Bonchev–Trinajstić information content (AvgIpc) is 3.09. The molecule has 1 unspecified atom stereocenters. The number of hydrogen-bond acceptors (Lipinski definition) is 2. The number of rotatable bonds is 7. The fourth-order valence-electron chi connectivity index (χ4n) is 1.91. The van der Waals surface area contributed by atoms with Gasteiger partial charge in [0.15, 0.2) is 5.96 Å². The second-order valence-corrected chi connectivity index (χ2v) is 4.76. The molecule has 5 heteroatoms. The van der Waals surface area contributed by atoms with Gasteiger partial charge in [0.1, 0.15) is 0 Å². The van der Waals surface area contributed by atoms with Crippen LogP contribution in [0, 0.1) is 5.92 Å². The van der Waals surface area contributed by atoms with Gasteiger partial charge in [-0.3, -0.25) is 4.99 Å². The molecule has 1 rings (SSSR count). The predicted octanol–water partition coefficient (Wildman–Crippen LogP) is 1.69. The number of nitrogens with one attached hydrogen (secondary N) is 2. The van der Waals surface area contributed by atoms with Crippen molar-refractivity contribution in [3.63, 3.8) is 0 Å². The monoisotopic (exact) mass is 366 g/mol. The van der Waals surface area contributed by atoms with E-state index < -0.39 is 0 Å². The second kappa shape index (κ2) is 9.61. The van der Waals surface area contributed by atoms with Crippen molar-refractivity contribution in [3.05, 3.63) is 12.7 Å². The van der Waals surface area contributed by atoms with E-state index in [0.29, 0.717) is 6.04 Å². The maximum atomic E-state index is 4.64. The Kier molecular flexibility index (Phi) is 9.45. The summed E-state index contributed by atoms with van der Waals surface area (Å²) in [6.45, 7) is 8.28. The highest BCUT2D eigenvalue weighted by Crippen LogP contribution is 2.34. The average molecular weight is 366 g/mol. The molecule has 0 aromatic carbocycles. The van der Waals surface area contributed by atoms with Crippen molar-refractivity contribution in [1.29, 1.82) is 0 Å². The van der Waals surface area contributed by atoms with Crippen molar-refractivity contribution in [3.8, 4) is 0 Å². The van der Waals surface area contributed by atoms with Gasteiger partial charge < -0.3 is 15.5 Å². The normalized spacial score (nSPS) is 17.0. The highest BCUT2D eigenvalue weighted by molar-refractivity contribution is 14.0. The highest BCUT2D eigenvalue weighted by Gasteiger charge is 2.32. The summed E-state index contributed by atoms with van der Waals surface area (Å²) in [5.74, 6) is 1.73. The van der Waals surface area contributed by atoms with E-state index in [0.717, 1.165) is 31.5 Å². The Hall–Kier alpha value is -0.300. The van der Waals surface area contributed by atoms with Crippen LogP contribution >= 0.6 is 24.0 Å². The maximum Gasteiger partial charge on any atom is 0.191 e.